The first-order valence-corrected chi connectivity index (χ1v) is 7.39. The lowest BCUT2D eigenvalue weighted by Crippen LogP contribution is -2.26. The highest BCUT2D eigenvalue weighted by Gasteiger charge is 2.28. The predicted octanol–water partition coefficient (Wildman–Crippen LogP) is 1.45. The van der Waals surface area contributed by atoms with E-state index in [4.69, 9.17) is 0 Å². The van der Waals surface area contributed by atoms with Gasteiger partial charge in [0.05, 0.1) is 4.92 Å². The molecule has 0 saturated carbocycles. The molecule has 0 aromatic heterocycles. The van der Waals surface area contributed by atoms with Gasteiger partial charge in [-0.1, -0.05) is 28.7 Å². The van der Waals surface area contributed by atoms with Crippen LogP contribution in [0.15, 0.2) is 23.1 Å². The fourth-order valence-electron chi connectivity index (χ4n) is 1.14. The number of nitrogens with one attached hydrogen (secondary N) is 1. The summed E-state index contributed by atoms with van der Waals surface area (Å²) in [6.07, 6.45) is 0. The SMILES string of the molecule is O=[N+]([O-])c1c(F)cccc1S(=O)(=O)NCCI. The van der Waals surface area contributed by atoms with Crippen molar-refractivity contribution < 1.29 is 17.7 Å². The standard InChI is InChI=1S/C8H8FIN2O4S/c9-6-2-1-3-7(8(6)12(13)14)17(15,16)11-5-4-10/h1-3,11H,4-5H2. The molecule has 6 nitrogen and oxygen atoms in total. The van der Waals surface area contributed by atoms with Crippen LogP contribution in [0.1, 0.15) is 0 Å². The van der Waals surface area contributed by atoms with Crippen molar-refractivity contribution in [3.05, 3.63) is 34.1 Å². The molecule has 0 aliphatic carbocycles. The van der Waals surface area contributed by atoms with E-state index < -0.39 is 31.3 Å². The van der Waals surface area contributed by atoms with Crippen LogP contribution in [0.2, 0.25) is 0 Å². The van der Waals surface area contributed by atoms with Crippen LogP contribution in [0.4, 0.5) is 10.1 Å². The minimum Gasteiger partial charge on any atom is -0.258 e. The van der Waals surface area contributed by atoms with Gasteiger partial charge in [0.25, 0.3) is 0 Å². The molecular formula is C8H8FIN2O4S. The Labute approximate surface area is 111 Å². The maximum atomic E-state index is 13.2. The molecule has 17 heavy (non-hydrogen) atoms. The molecule has 9 heteroatoms. The number of hydrogen-bond acceptors (Lipinski definition) is 4. The van der Waals surface area contributed by atoms with E-state index in [-0.39, 0.29) is 6.54 Å². The maximum Gasteiger partial charge on any atom is 0.324 e. The molecular weight excluding hydrogens is 366 g/mol. The van der Waals surface area contributed by atoms with Gasteiger partial charge in [-0.2, -0.15) is 4.39 Å². The predicted molar refractivity (Wildman–Crippen MR) is 67.1 cm³/mol. The van der Waals surface area contributed by atoms with Crippen molar-refractivity contribution in [2.75, 3.05) is 11.0 Å². The van der Waals surface area contributed by atoms with E-state index in [9.17, 15) is 22.9 Å². The molecule has 0 spiro atoms. The Balaban J connectivity index is 3.31. The highest BCUT2D eigenvalue weighted by atomic mass is 127. The second-order valence-corrected chi connectivity index (χ2v) is 5.74. The molecule has 94 valence electrons. The number of nitro benzene ring substituents is 1. The summed E-state index contributed by atoms with van der Waals surface area (Å²) in [6.45, 7) is 0.122. The van der Waals surface area contributed by atoms with Crippen molar-refractivity contribution in [1.82, 2.24) is 4.72 Å². The molecule has 1 aromatic carbocycles. The second kappa shape index (κ2) is 5.69. The lowest BCUT2D eigenvalue weighted by molar-refractivity contribution is -0.390. The first-order valence-electron chi connectivity index (χ1n) is 4.38. The molecule has 0 fully saturated rings. The van der Waals surface area contributed by atoms with Crippen LogP contribution in [0.3, 0.4) is 0 Å². The Morgan fingerprint density at radius 3 is 2.65 bits per heavy atom. The van der Waals surface area contributed by atoms with Crippen LogP contribution in [0, 0.1) is 15.9 Å². The smallest absolute Gasteiger partial charge is 0.258 e. The van der Waals surface area contributed by atoms with Crippen molar-refractivity contribution in [1.29, 1.82) is 0 Å². The van der Waals surface area contributed by atoms with Gasteiger partial charge < -0.3 is 0 Å². The zero-order valence-corrected chi connectivity index (χ0v) is 11.4. The minimum absolute atomic E-state index is 0.122. The zero-order valence-electron chi connectivity index (χ0n) is 8.39. The van der Waals surface area contributed by atoms with E-state index in [0.717, 1.165) is 18.2 Å². The number of sulfonamides is 1. The van der Waals surface area contributed by atoms with Crippen LogP contribution < -0.4 is 4.72 Å². The lowest BCUT2D eigenvalue weighted by atomic mass is 10.3. The van der Waals surface area contributed by atoms with Crippen molar-refractivity contribution >= 4 is 38.3 Å². The number of rotatable bonds is 5. The molecule has 0 radical (unpaired) electrons. The molecule has 0 heterocycles. The van der Waals surface area contributed by atoms with Gasteiger partial charge in [0, 0.05) is 11.0 Å². The normalized spacial score (nSPS) is 11.4. The summed E-state index contributed by atoms with van der Waals surface area (Å²) < 4.78 is 39.2. The number of para-hydroxylation sites is 1. The van der Waals surface area contributed by atoms with E-state index in [1.165, 1.54) is 0 Å². The Morgan fingerprint density at radius 2 is 2.12 bits per heavy atom. The number of hydrogen-bond donors (Lipinski definition) is 1. The van der Waals surface area contributed by atoms with Crippen LogP contribution in [-0.2, 0) is 10.0 Å². The first kappa shape index (κ1) is 14.3. The Morgan fingerprint density at radius 1 is 1.47 bits per heavy atom. The summed E-state index contributed by atoms with van der Waals surface area (Å²) >= 11 is 1.94. The molecule has 0 aliphatic heterocycles. The van der Waals surface area contributed by atoms with Crippen molar-refractivity contribution in [3.8, 4) is 0 Å². The molecule has 0 unspecified atom stereocenters. The number of alkyl halides is 1. The average molecular weight is 374 g/mol. The van der Waals surface area contributed by atoms with E-state index in [2.05, 4.69) is 4.72 Å². The summed E-state index contributed by atoms with van der Waals surface area (Å²) in [5.74, 6) is -1.17. The lowest BCUT2D eigenvalue weighted by Gasteiger charge is -2.06. The molecule has 1 N–H and O–H groups in total. The molecule has 0 amide bonds. The van der Waals surface area contributed by atoms with Gasteiger partial charge in [0.15, 0.2) is 4.90 Å². The second-order valence-electron chi connectivity index (χ2n) is 2.93. The van der Waals surface area contributed by atoms with Gasteiger partial charge in [0.2, 0.25) is 15.8 Å². The summed E-state index contributed by atoms with van der Waals surface area (Å²) in [4.78, 5) is 8.93. The molecule has 1 rings (SSSR count). The maximum absolute atomic E-state index is 13.2. The molecule has 1 aromatic rings. The number of nitro groups is 1. The third-order valence-electron chi connectivity index (χ3n) is 1.81. The zero-order chi connectivity index (χ0) is 13.1. The minimum atomic E-state index is -4.06. The average Bonchev–Trinajstić information content (AvgIpc) is 2.25. The third-order valence-corrected chi connectivity index (χ3v) is 3.84. The highest BCUT2D eigenvalue weighted by Crippen LogP contribution is 2.26. The summed E-state index contributed by atoms with van der Waals surface area (Å²) in [5.41, 5.74) is -1.03. The fourth-order valence-corrected chi connectivity index (χ4v) is 2.99. The molecule has 0 aliphatic rings. The van der Waals surface area contributed by atoms with Gasteiger partial charge in [-0.3, -0.25) is 10.1 Å². The molecule has 0 atom stereocenters. The summed E-state index contributed by atoms with van der Waals surface area (Å²) in [5, 5.41) is 10.6. The van der Waals surface area contributed by atoms with Crippen molar-refractivity contribution in [3.63, 3.8) is 0 Å². The van der Waals surface area contributed by atoms with Gasteiger partial charge in [-0.15, -0.1) is 0 Å². The number of halogens is 2. The topological polar surface area (TPSA) is 89.3 Å². The summed E-state index contributed by atoms with van der Waals surface area (Å²) in [7, 11) is -4.06. The van der Waals surface area contributed by atoms with Gasteiger partial charge in [-0.05, 0) is 12.1 Å². The van der Waals surface area contributed by atoms with Crippen LogP contribution >= 0.6 is 22.6 Å². The fraction of sp³-hybridized carbons (Fsp3) is 0.250. The number of nitrogens with zero attached hydrogens (tertiary/aromatic N) is 1. The molecule has 0 bridgehead atoms. The van der Waals surface area contributed by atoms with Gasteiger partial charge in [-0.25, -0.2) is 13.1 Å². The van der Waals surface area contributed by atoms with E-state index in [0.29, 0.717) is 4.43 Å². The van der Waals surface area contributed by atoms with Crippen molar-refractivity contribution in [2.24, 2.45) is 0 Å². The largest absolute Gasteiger partial charge is 0.324 e. The first-order chi connectivity index (χ1) is 7.90. The molecule has 0 saturated heterocycles. The number of benzene rings is 1. The summed E-state index contributed by atoms with van der Waals surface area (Å²) in [6, 6.07) is 2.95. The van der Waals surface area contributed by atoms with Crippen LogP contribution in [0.25, 0.3) is 0 Å². The van der Waals surface area contributed by atoms with Gasteiger partial charge >= 0.3 is 5.69 Å². The van der Waals surface area contributed by atoms with Crippen LogP contribution in [-0.4, -0.2) is 24.3 Å². The third kappa shape index (κ3) is 3.33. The van der Waals surface area contributed by atoms with Crippen LogP contribution in [0.5, 0.6) is 0 Å². The monoisotopic (exact) mass is 374 g/mol. The van der Waals surface area contributed by atoms with Crippen molar-refractivity contribution in [2.45, 2.75) is 4.90 Å². The Hall–Kier alpha value is -0.810. The van der Waals surface area contributed by atoms with E-state index in [1.807, 2.05) is 22.6 Å². The van der Waals surface area contributed by atoms with E-state index in [1.54, 1.807) is 0 Å². The van der Waals surface area contributed by atoms with Gasteiger partial charge in [0.1, 0.15) is 0 Å². The van der Waals surface area contributed by atoms with E-state index >= 15 is 0 Å². The Bertz CT molecular complexity index is 534. The quantitative estimate of drug-likeness (QED) is 0.366. The Kier molecular flexibility index (Phi) is 4.77. The highest BCUT2D eigenvalue weighted by molar-refractivity contribution is 14.1.